The number of amides is 2. The quantitative estimate of drug-likeness (QED) is 0.459. The summed E-state index contributed by atoms with van der Waals surface area (Å²) in [6, 6.07) is 9.98. The molecule has 1 heterocycles. The highest BCUT2D eigenvalue weighted by Crippen LogP contribution is 2.22. The minimum Gasteiger partial charge on any atom is -0.345 e. The summed E-state index contributed by atoms with van der Waals surface area (Å²) in [5.41, 5.74) is 1.88. The van der Waals surface area contributed by atoms with Crippen LogP contribution in [-0.4, -0.2) is 32.3 Å². The number of rotatable bonds is 7. The van der Waals surface area contributed by atoms with Crippen molar-refractivity contribution in [1.29, 1.82) is 0 Å². The third-order valence-electron chi connectivity index (χ3n) is 4.30. The van der Waals surface area contributed by atoms with Gasteiger partial charge in [-0.3, -0.25) is 9.59 Å². The first-order valence-electron chi connectivity index (χ1n) is 9.05. The molecule has 1 aromatic heterocycles. The number of hydrogen-bond donors (Lipinski definition) is 2. The molecule has 0 atom stereocenters. The number of benzene rings is 2. The topological polar surface area (TPSA) is 88.9 Å². The van der Waals surface area contributed by atoms with Crippen LogP contribution in [0.15, 0.2) is 41.6 Å². The fourth-order valence-electron chi connectivity index (χ4n) is 2.55. The lowest BCUT2D eigenvalue weighted by atomic mass is 10.2. The number of aryl methyl sites for hydroxylation is 1. The Balaban J connectivity index is 1.54. The molecule has 2 amide bonds. The van der Waals surface area contributed by atoms with E-state index in [4.69, 9.17) is 34.8 Å². The van der Waals surface area contributed by atoms with Gasteiger partial charge in [0.05, 0.1) is 22.9 Å². The number of nitrogens with one attached hydrogen (secondary N) is 2. The lowest BCUT2D eigenvalue weighted by Crippen LogP contribution is -2.24. The Morgan fingerprint density at radius 2 is 1.84 bits per heavy atom. The molecular formula is C20H18Cl3N5O2S. The highest BCUT2D eigenvalue weighted by atomic mass is 35.5. The SMILES string of the molecule is Cc1ccc(NC(=O)CSc2nnc(CNC(=O)c3ccc(Cl)cc3Cl)n2C)cc1Cl. The van der Waals surface area contributed by atoms with Crippen molar-refractivity contribution in [3.05, 3.63) is 68.4 Å². The second-order valence-corrected chi connectivity index (χ2v) is 8.76. The van der Waals surface area contributed by atoms with Crippen LogP contribution in [0.5, 0.6) is 0 Å². The van der Waals surface area contributed by atoms with E-state index in [0.717, 1.165) is 5.56 Å². The van der Waals surface area contributed by atoms with E-state index in [1.165, 1.54) is 17.8 Å². The molecule has 0 aliphatic rings. The highest BCUT2D eigenvalue weighted by molar-refractivity contribution is 7.99. The molecule has 0 unspecified atom stereocenters. The van der Waals surface area contributed by atoms with Gasteiger partial charge in [-0.25, -0.2) is 0 Å². The Kier molecular flexibility index (Phi) is 7.83. The Morgan fingerprint density at radius 3 is 2.55 bits per heavy atom. The Bertz CT molecular complexity index is 1140. The summed E-state index contributed by atoms with van der Waals surface area (Å²) in [4.78, 5) is 24.6. The molecule has 7 nitrogen and oxygen atoms in total. The molecule has 0 saturated carbocycles. The number of carbonyl (C=O) groups excluding carboxylic acids is 2. The molecule has 0 saturated heterocycles. The van der Waals surface area contributed by atoms with Gasteiger partial charge in [0.1, 0.15) is 0 Å². The number of nitrogens with zero attached hydrogens (tertiary/aromatic N) is 3. The average Bonchev–Trinajstić information content (AvgIpc) is 3.07. The van der Waals surface area contributed by atoms with E-state index in [-0.39, 0.29) is 29.1 Å². The van der Waals surface area contributed by atoms with E-state index in [0.29, 0.717) is 32.3 Å². The van der Waals surface area contributed by atoms with Crippen LogP contribution in [-0.2, 0) is 18.4 Å². The zero-order chi connectivity index (χ0) is 22.5. The average molecular weight is 499 g/mol. The Hall–Kier alpha value is -2.26. The summed E-state index contributed by atoms with van der Waals surface area (Å²) in [5.74, 6) is 0.131. The van der Waals surface area contributed by atoms with E-state index in [2.05, 4.69) is 20.8 Å². The molecule has 0 aliphatic heterocycles. The maximum Gasteiger partial charge on any atom is 0.253 e. The molecular weight excluding hydrogens is 481 g/mol. The first-order chi connectivity index (χ1) is 14.7. The minimum absolute atomic E-state index is 0.143. The molecule has 0 fully saturated rings. The lowest BCUT2D eigenvalue weighted by molar-refractivity contribution is -0.113. The fourth-order valence-corrected chi connectivity index (χ4v) is 3.96. The smallest absolute Gasteiger partial charge is 0.253 e. The molecule has 0 aliphatic carbocycles. The minimum atomic E-state index is -0.352. The molecule has 3 aromatic rings. The van der Waals surface area contributed by atoms with Crippen molar-refractivity contribution in [3.8, 4) is 0 Å². The van der Waals surface area contributed by atoms with Crippen LogP contribution in [0.3, 0.4) is 0 Å². The first-order valence-corrected chi connectivity index (χ1v) is 11.2. The first kappa shape index (κ1) is 23.4. The predicted molar refractivity (Wildman–Crippen MR) is 124 cm³/mol. The number of hydrogen-bond acceptors (Lipinski definition) is 5. The van der Waals surface area contributed by atoms with Crippen molar-refractivity contribution in [3.63, 3.8) is 0 Å². The van der Waals surface area contributed by atoms with Gasteiger partial charge in [-0.1, -0.05) is 52.6 Å². The summed E-state index contributed by atoms with van der Waals surface area (Å²) < 4.78 is 1.71. The molecule has 31 heavy (non-hydrogen) atoms. The number of halogens is 3. The molecule has 2 aromatic carbocycles. The zero-order valence-corrected chi connectivity index (χ0v) is 19.7. The van der Waals surface area contributed by atoms with Crippen LogP contribution in [0.4, 0.5) is 5.69 Å². The van der Waals surface area contributed by atoms with Crippen molar-refractivity contribution >= 4 is 64.1 Å². The van der Waals surface area contributed by atoms with Crippen molar-refractivity contribution in [1.82, 2.24) is 20.1 Å². The van der Waals surface area contributed by atoms with Crippen molar-refractivity contribution in [2.45, 2.75) is 18.6 Å². The maximum absolute atomic E-state index is 12.3. The van der Waals surface area contributed by atoms with Crippen LogP contribution in [0.25, 0.3) is 0 Å². The van der Waals surface area contributed by atoms with E-state index in [1.807, 2.05) is 13.0 Å². The fraction of sp³-hybridized carbons (Fsp3) is 0.200. The van der Waals surface area contributed by atoms with Gasteiger partial charge in [0.2, 0.25) is 5.91 Å². The number of aromatic nitrogens is 3. The normalized spacial score (nSPS) is 10.7. The third-order valence-corrected chi connectivity index (χ3v) is 6.27. The Morgan fingerprint density at radius 1 is 1.06 bits per heavy atom. The van der Waals surface area contributed by atoms with Gasteiger partial charge in [0.25, 0.3) is 5.91 Å². The summed E-state index contributed by atoms with van der Waals surface area (Å²) in [6.45, 7) is 2.04. The summed E-state index contributed by atoms with van der Waals surface area (Å²) in [7, 11) is 1.76. The number of anilines is 1. The van der Waals surface area contributed by atoms with Crippen LogP contribution < -0.4 is 10.6 Å². The van der Waals surface area contributed by atoms with E-state index in [9.17, 15) is 9.59 Å². The van der Waals surface area contributed by atoms with Crippen LogP contribution in [0.2, 0.25) is 15.1 Å². The van der Waals surface area contributed by atoms with Crippen molar-refractivity contribution in [2.75, 3.05) is 11.1 Å². The second kappa shape index (κ2) is 10.4. The Labute approximate surface area is 198 Å². The third kappa shape index (κ3) is 6.13. The standard InChI is InChI=1S/C20H18Cl3N5O2S/c1-11-3-5-13(8-15(11)22)25-18(29)10-31-20-27-26-17(28(20)2)9-24-19(30)14-6-4-12(21)7-16(14)23/h3-8H,9-10H2,1-2H3,(H,24,30)(H,25,29). The van der Waals surface area contributed by atoms with E-state index in [1.54, 1.807) is 35.9 Å². The number of carbonyl (C=O) groups is 2. The molecule has 0 radical (unpaired) electrons. The highest BCUT2D eigenvalue weighted by Gasteiger charge is 2.15. The number of thioether (sulfide) groups is 1. The summed E-state index contributed by atoms with van der Waals surface area (Å²) in [5, 5.41) is 15.5. The van der Waals surface area contributed by atoms with Crippen LogP contribution in [0, 0.1) is 6.92 Å². The van der Waals surface area contributed by atoms with Gasteiger partial charge in [-0.2, -0.15) is 0 Å². The van der Waals surface area contributed by atoms with Gasteiger partial charge in [0.15, 0.2) is 11.0 Å². The lowest BCUT2D eigenvalue weighted by Gasteiger charge is -2.08. The van der Waals surface area contributed by atoms with Crippen LogP contribution in [0.1, 0.15) is 21.7 Å². The molecule has 0 spiro atoms. The van der Waals surface area contributed by atoms with E-state index >= 15 is 0 Å². The summed E-state index contributed by atoms with van der Waals surface area (Å²) >= 11 is 19.2. The van der Waals surface area contributed by atoms with Crippen LogP contribution >= 0.6 is 46.6 Å². The molecule has 162 valence electrons. The van der Waals surface area contributed by atoms with Gasteiger partial charge < -0.3 is 15.2 Å². The van der Waals surface area contributed by atoms with Crippen molar-refractivity contribution < 1.29 is 9.59 Å². The second-order valence-electron chi connectivity index (χ2n) is 6.57. The van der Waals surface area contributed by atoms with Gasteiger partial charge >= 0.3 is 0 Å². The molecule has 3 rings (SSSR count). The van der Waals surface area contributed by atoms with Crippen molar-refractivity contribution in [2.24, 2.45) is 7.05 Å². The van der Waals surface area contributed by atoms with Gasteiger partial charge in [-0.15, -0.1) is 10.2 Å². The molecule has 11 heteroatoms. The zero-order valence-electron chi connectivity index (χ0n) is 16.6. The monoisotopic (exact) mass is 497 g/mol. The van der Waals surface area contributed by atoms with E-state index < -0.39 is 0 Å². The largest absolute Gasteiger partial charge is 0.345 e. The van der Waals surface area contributed by atoms with Gasteiger partial charge in [-0.05, 0) is 42.8 Å². The summed E-state index contributed by atoms with van der Waals surface area (Å²) in [6.07, 6.45) is 0. The maximum atomic E-state index is 12.3. The van der Waals surface area contributed by atoms with Gasteiger partial charge in [0, 0.05) is 22.8 Å². The molecule has 2 N–H and O–H groups in total. The predicted octanol–water partition coefficient (Wildman–Crippen LogP) is 4.74. The molecule has 0 bridgehead atoms.